The molecule has 0 aromatic heterocycles. The highest BCUT2D eigenvalue weighted by atomic mass is 16.2. The maximum Gasteiger partial charge on any atom is 0.225 e. The highest BCUT2D eigenvalue weighted by Crippen LogP contribution is 2.13. The molecule has 3 heteroatoms. The van der Waals surface area contributed by atoms with Gasteiger partial charge in [-0.2, -0.15) is 0 Å². The fourth-order valence-electron chi connectivity index (χ4n) is 1.95. The predicted octanol–water partition coefficient (Wildman–Crippen LogP) is 2.02. The van der Waals surface area contributed by atoms with Crippen LogP contribution >= 0.6 is 0 Å². The molecule has 1 unspecified atom stereocenters. The Bertz CT molecular complexity index is 337. The van der Waals surface area contributed by atoms with E-state index in [4.69, 9.17) is 5.73 Å². The molecule has 1 aromatic rings. The molecule has 1 aromatic carbocycles. The molecule has 1 atom stereocenters. The maximum atomic E-state index is 12.1. The fourth-order valence-corrected chi connectivity index (χ4v) is 1.95. The van der Waals surface area contributed by atoms with Crippen molar-refractivity contribution in [1.82, 2.24) is 4.90 Å². The monoisotopic (exact) mass is 234 g/mol. The van der Waals surface area contributed by atoms with Gasteiger partial charge < -0.3 is 10.6 Å². The predicted molar refractivity (Wildman–Crippen MR) is 70.4 cm³/mol. The third-order valence-corrected chi connectivity index (χ3v) is 3.00. The van der Waals surface area contributed by atoms with Crippen LogP contribution < -0.4 is 5.73 Å². The van der Waals surface area contributed by atoms with Gasteiger partial charge in [0.1, 0.15) is 0 Å². The lowest BCUT2D eigenvalue weighted by molar-refractivity contribution is -0.135. The highest BCUT2D eigenvalue weighted by molar-refractivity contribution is 5.78. The molecule has 94 valence electrons. The van der Waals surface area contributed by atoms with Crippen LogP contribution in [0.3, 0.4) is 0 Å². The number of rotatable bonds is 6. The molecule has 0 fully saturated rings. The molecule has 2 N–H and O–H groups in total. The summed E-state index contributed by atoms with van der Waals surface area (Å²) in [4.78, 5) is 13.9. The topological polar surface area (TPSA) is 46.3 Å². The summed E-state index contributed by atoms with van der Waals surface area (Å²) in [7, 11) is 1.86. The second kappa shape index (κ2) is 7.07. The first-order valence-corrected chi connectivity index (χ1v) is 6.18. The number of carbonyl (C=O) groups is 1. The van der Waals surface area contributed by atoms with Gasteiger partial charge >= 0.3 is 0 Å². The van der Waals surface area contributed by atoms with E-state index in [0.29, 0.717) is 13.1 Å². The Labute approximate surface area is 104 Å². The number of amides is 1. The fraction of sp³-hybridized carbons (Fsp3) is 0.500. The summed E-state index contributed by atoms with van der Waals surface area (Å²) in [5.74, 6) is 0.260. The van der Waals surface area contributed by atoms with Crippen LogP contribution in [0.1, 0.15) is 25.3 Å². The van der Waals surface area contributed by atoms with Crippen molar-refractivity contribution in [2.75, 3.05) is 13.6 Å². The first-order chi connectivity index (χ1) is 8.19. The second-order valence-corrected chi connectivity index (χ2v) is 4.36. The summed E-state index contributed by atoms with van der Waals surface area (Å²) in [6.07, 6.45) is 1.63. The molecule has 0 saturated carbocycles. The number of nitrogens with zero attached hydrogens (tertiary/aromatic N) is 1. The van der Waals surface area contributed by atoms with E-state index in [1.54, 1.807) is 4.90 Å². The molecule has 0 radical (unpaired) electrons. The van der Waals surface area contributed by atoms with E-state index in [1.807, 2.05) is 44.3 Å². The van der Waals surface area contributed by atoms with Crippen LogP contribution in [0, 0.1) is 5.92 Å². The molecule has 0 aliphatic carbocycles. The second-order valence-electron chi connectivity index (χ2n) is 4.36. The summed E-state index contributed by atoms with van der Waals surface area (Å²) in [5.41, 5.74) is 6.68. The van der Waals surface area contributed by atoms with Crippen LogP contribution in [0.25, 0.3) is 0 Å². The molecule has 1 amide bonds. The first kappa shape index (κ1) is 13.7. The molecular weight excluding hydrogens is 212 g/mol. The van der Waals surface area contributed by atoms with Gasteiger partial charge in [0.05, 0.1) is 0 Å². The standard InChI is InChI=1S/C14H22N2O/c1-3-13(9-10-15)14(17)16(2)11-12-7-5-4-6-8-12/h4-8,13H,3,9-11,15H2,1-2H3. The minimum atomic E-state index is 0.0636. The molecule has 0 spiro atoms. The van der Waals surface area contributed by atoms with Crippen molar-refractivity contribution in [3.05, 3.63) is 35.9 Å². The van der Waals surface area contributed by atoms with E-state index >= 15 is 0 Å². The van der Waals surface area contributed by atoms with Crippen LogP contribution in [0.4, 0.5) is 0 Å². The smallest absolute Gasteiger partial charge is 0.225 e. The molecule has 0 aliphatic rings. The maximum absolute atomic E-state index is 12.1. The highest BCUT2D eigenvalue weighted by Gasteiger charge is 2.19. The van der Waals surface area contributed by atoms with E-state index in [0.717, 1.165) is 18.4 Å². The third-order valence-electron chi connectivity index (χ3n) is 3.00. The van der Waals surface area contributed by atoms with Crippen LogP contribution in [-0.4, -0.2) is 24.4 Å². The van der Waals surface area contributed by atoms with Crippen LogP contribution in [-0.2, 0) is 11.3 Å². The zero-order valence-corrected chi connectivity index (χ0v) is 10.7. The number of nitrogens with two attached hydrogens (primary N) is 1. The lowest BCUT2D eigenvalue weighted by Gasteiger charge is -2.22. The van der Waals surface area contributed by atoms with Crippen molar-refractivity contribution in [3.63, 3.8) is 0 Å². The lowest BCUT2D eigenvalue weighted by atomic mass is 10.0. The molecule has 3 nitrogen and oxygen atoms in total. The molecule has 0 aliphatic heterocycles. The van der Waals surface area contributed by atoms with E-state index < -0.39 is 0 Å². The van der Waals surface area contributed by atoms with Gasteiger partial charge in [-0.1, -0.05) is 37.3 Å². The number of hydrogen-bond acceptors (Lipinski definition) is 2. The number of hydrogen-bond donors (Lipinski definition) is 1. The van der Waals surface area contributed by atoms with Gasteiger partial charge in [-0.05, 0) is 24.9 Å². The Kier molecular flexibility index (Phi) is 5.70. The van der Waals surface area contributed by atoms with Crippen molar-refractivity contribution < 1.29 is 4.79 Å². The molecule has 0 heterocycles. The SMILES string of the molecule is CCC(CCN)C(=O)N(C)Cc1ccccc1. The van der Waals surface area contributed by atoms with Crippen molar-refractivity contribution in [2.24, 2.45) is 11.7 Å². The van der Waals surface area contributed by atoms with E-state index in [1.165, 1.54) is 0 Å². The minimum Gasteiger partial charge on any atom is -0.341 e. The van der Waals surface area contributed by atoms with Crippen molar-refractivity contribution in [2.45, 2.75) is 26.3 Å². The van der Waals surface area contributed by atoms with Gasteiger partial charge in [-0.25, -0.2) is 0 Å². The van der Waals surface area contributed by atoms with E-state index in [2.05, 4.69) is 0 Å². The van der Waals surface area contributed by atoms with Crippen LogP contribution in [0.15, 0.2) is 30.3 Å². The van der Waals surface area contributed by atoms with Crippen molar-refractivity contribution in [3.8, 4) is 0 Å². The summed E-state index contributed by atoms with van der Waals surface area (Å²) >= 11 is 0. The largest absolute Gasteiger partial charge is 0.341 e. The average Bonchev–Trinajstić information content (AvgIpc) is 2.36. The Hall–Kier alpha value is -1.35. The minimum absolute atomic E-state index is 0.0636. The summed E-state index contributed by atoms with van der Waals surface area (Å²) in [6, 6.07) is 10.0. The van der Waals surface area contributed by atoms with Gasteiger partial charge in [0.2, 0.25) is 5.91 Å². The van der Waals surface area contributed by atoms with Crippen molar-refractivity contribution >= 4 is 5.91 Å². The first-order valence-electron chi connectivity index (χ1n) is 6.18. The quantitative estimate of drug-likeness (QED) is 0.818. The van der Waals surface area contributed by atoms with Gasteiger partial charge in [0, 0.05) is 19.5 Å². The Morgan fingerprint density at radius 2 is 2.00 bits per heavy atom. The van der Waals surface area contributed by atoms with Gasteiger partial charge in [-0.15, -0.1) is 0 Å². The average molecular weight is 234 g/mol. The molecule has 17 heavy (non-hydrogen) atoms. The third kappa shape index (κ3) is 4.19. The Morgan fingerprint density at radius 1 is 1.35 bits per heavy atom. The molecule has 0 bridgehead atoms. The Morgan fingerprint density at radius 3 is 2.53 bits per heavy atom. The van der Waals surface area contributed by atoms with Crippen molar-refractivity contribution in [1.29, 1.82) is 0 Å². The van der Waals surface area contributed by atoms with Gasteiger partial charge in [0.15, 0.2) is 0 Å². The molecule has 1 rings (SSSR count). The van der Waals surface area contributed by atoms with Gasteiger partial charge in [0.25, 0.3) is 0 Å². The van der Waals surface area contributed by atoms with E-state index in [-0.39, 0.29) is 11.8 Å². The Balaban J connectivity index is 2.57. The summed E-state index contributed by atoms with van der Waals surface area (Å²) in [6.45, 7) is 3.28. The zero-order valence-electron chi connectivity index (χ0n) is 10.7. The lowest BCUT2D eigenvalue weighted by Crippen LogP contribution is -2.33. The van der Waals surface area contributed by atoms with Crippen LogP contribution in [0.5, 0.6) is 0 Å². The zero-order chi connectivity index (χ0) is 12.7. The molecular formula is C14H22N2O. The molecule has 0 saturated heterocycles. The number of carbonyl (C=O) groups excluding carboxylic acids is 1. The van der Waals surface area contributed by atoms with Gasteiger partial charge in [-0.3, -0.25) is 4.79 Å². The normalized spacial score (nSPS) is 12.2. The summed E-state index contributed by atoms with van der Waals surface area (Å²) in [5, 5.41) is 0. The van der Waals surface area contributed by atoms with E-state index in [9.17, 15) is 4.79 Å². The summed E-state index contributed by atoms with van der Waals surface area (Å²) < 4.78 is 0. The number of benzene rings is 1. The van der Waals surface area contributed by atoms with Crippen LogP contribution in [0.2, 0.25) is 0 Å².